The molecule has 2 atom stereocenters. The molecule has 0 aliphatic carbocycles. The molecule has 2 aromatic rings. The zero-order chi connectivity index (χ0) is 22.1. The number of hydrogen-bond donors (Lipinski definition) is 2. The highest BCUT2D eigenvalue weighted by atomic mass is 32.2. The lowest BCUT2D eigenvalue weighted by Gasteiger charge is -2.23. The quantitative estimate of drug-likeness (QED) is 0.464. The van der Waals surface area contributed by atoms with Crippen molar-refractivity contribution in [2.75, 3.05) is 19.4 Å². The molecule has 0 fully saturated rings. The molecule has 0 saturated carbocycles. The molecule has 8 heteroatoms. The molecule has 0 heterocycles. The summed E-state index contributed by atoms with van der Waals surface area (Å²) in [7, 11) is -2.01. The van der Waals surface area contributed by atoms with Crippen molar-refractivity contribution in [3.05, 3.63) is 59.9 Å². The summed E-state index contributed by atoms with van der Waals surface area (Å²) in [5.74, 6) is 0.176. The fourth-order valence-electron chi connectivity index (χ4n) is 2.98. The van der Waals surface area contributed by atoms with Crippen molar-refractivity contribution in [2.24, 2.45) is 4.99 Å². The summed E-state index contributed by atoms with van der Waals surface area (Å²) in [6.07, 6.45) is 0.599. The number of benzene rings is 2. The summed E-state index contributed by atoms with van der Waals surface area (Å²) in [5, 5.41) is 6.44. The maximum absolute atomic E-state index is 14.0. The maximum atomic E-state index is 14.0. The Kier molecular flexibility index (Phi) is 8.65. The summed E-state index contributed by atoms with van der Waals surface area (Å²) >= 11 is 0. The fourth-order valence-corrected chi connectivity index (χ4v) is 4.59. The molecule has 0 saturated heterocycles. The van der Waals surface area contributed by atoms with Crippen molar-refractivity contribution in [1.29, 1.82) is 0 Å². The zero-order valence-corrected chi connectivity index (χ0v) is 18.7. The smallest absolute Gasteiger partial charge is 0.191 e. The van der Waals surface area contributed by atoms with E-state index in [0.717, 1.165) is 5.56 Å². The zero-order valence-electron chi connectivity index (χ0n) is 17.9. The van der Waals surface area contributed by atoms with Gasteiger partial charge in [0.15, 0.2) is 27.4 Å². The summed E-state index contributed by atoms with van der Waals surface area (Å²) < 4.78 is 44.5. The Bertz CT molecular complexity index is 949. The van der Waals surface area contributed by atoms with E-state index < -0.39 is 15.7 Å². The number of nitrogens with zero attached hydrogens (tertiary/aromatic N) is 1. The van der Waals surface area contributed by atoms with E-state index in [1.165, 1.54) is 13.2 Å². The maximum Gasteiger partial charge on any atom is 0.191 e. The predicted octanol–water partition coefficient (Wildman–Crippen LogP) is 3.70. The minimum Gasteiger partial charge on any atom is -0.494 e. The molecule has 0 aliphatic rings. The topological polar surface area (TPSA) is 79.8 Å². The average molecular weight is 436 g/mol. The van der Waals surface area contributed by atoms with Gasteiger partial charge in [0.05, 0.1) is 23.8 Å². The molecule has 30 heavy (non-hydrogen) atoms. The van der Waals surface area contributed by atoms with Crippen molar-refractivity contribution < 1.29 is 17.5 Å². The van der Waals surface area contributed by atoms with E-state index in [4.69, 9.17) is 4.74 Å². The number of guanidine groups is 1. The van der Waals surface area contributed by atoms with E-state index >= 15 is 0 Å². The third kappa shape index (κ3) is 6.45. The van der Waals surface area contributed by atoms with E-state index in [1.54, 1.807) is 42.5 Å². The molecule has 0 bridgehead atoms. The van der Waals surface area contributed by atoms with E-state index in [-0.39, 0.29) is 23.6 Å². The lowest BCUT2D eigenvalue weighted by molar-refractivity contribution is 0.386. The standard InChI is InChI=1S/C22H30FN3O3S/c1-5-18(15-30(27,28)19-10-8-7-9-11-19)26-22(24-6-2)25-16(3)17-12-13-21(29-4)20(23)14-17/h7-14,16,18H,5-6,15H2,1-4H3,(H2,24,25,26). The Labute approximate surface area is 178 Å². The molecule has 2 N–H and O–H groups in total. The highest BCUT2D eigenvalue weighted by molar-refractivity contribution is 7.91. The number of rotatable bonds is 9. The molecule has 0 amide bonds. The molecule has 0 radical (unpaired) electrons. The summed E-state index contributed by atoms with van der Waals surface area (Å²) in [4.78, 5) is 4.72. The number of sulfone groups is 1. The predicted molar refractivity (Wildman–Crippen MR) is 118 cm³/mol. The largest absolute Gasteiger partial charge is 0.494 e. The number of aliphatic imine (C=N–C) groups is 1. The van der Waals surface area contributed by atoms with Crippen LogP contribution in [0.1, 0.15) is 38.8 Å². The third-order valence-corrected chi connectivity index (χ3v) is 6.53. The molecular weight excluding hydrogens is 405 g/mol. The van der Waals surface area contributed by atoms with Gasteiger partial charge in [-0.05, 0) is 50.1 Å². The fraction of sp³-hybridized carbons (Fsp3) is 0.409. The summed E-state index contributed by atoms with van der Waals surface area (Å²) in [5.41, 5.74) is 0.726. The lowest BCUT2D eigenvalue weighted by Crippen LogP contribution is -2.46. The molecule has 0 aromatic heterocycles. The van der Waals surface area contributed by atoms with Crippen LogP contribution in [0.5, 0.6) is 5.75 Å². The van der Waals surface area contributed by atoms with Gasteiger partial charge in [-0.3, -0.25) is 4.99 Å². The second-order valence-electron chi connectivity index (χ2n) is 6.93. The minimum absolute atomic E-state index is 0.0521. The highest BCUT2D eigenvalue weighted by Gasteiger charge is 2.21. The van der Waals surface area contributed by atoms with Crippen molar-refractivity contribution in [2.45, 2.75) is 44.2 Å². The van der Waals surface area contributed by atoms with Gasteiger partial charge in [0.25, 0.3) is 0 Å². The molecule has 6 nitrogen and oxygen atoms in total. The average Bonchev–Trinajstić information content (AvgIpc) is 2.73. The van der Waals surface area contributed by atoms with Crippen LogP contribution >= 0.6 is 0 Å². The van der Waals surface area contributed by atoms with E-state index in [2.05, 4.69) is 15.6 Å². The monoisotopic (exact) mass is 435 g/mol. The van der Waals surface area contributed by atoms with Crippen LogP contribution in [0.25, 0.3) is 0 Å². The van der Waals surface area contributed by atoms with Crippen LogP contribution in [0.3, 0.4) is 0 Å². The van der Waals surface area contributed by atoms with Crippen LogP contribution in [0, 0.1) is 5.82 Å². The van der Waals surface area contributed by atoms with Crippen LogP contribution < -0.4 is 15.4 Å². The number of hydrogen-bond acceptors (Lipinski definition) is 4. The second kappa shape index (κ2) is 11.0. The lowest BCUT2D eigenvalue weighted by atomic mass is 10.1. The van der Waals surface area contributed by atoms with Crippen LogP contribution in [-0.2, 0) is 9.84 Å². The van der Waals surface area contributed by atoms with Crippen LogP contribution in [0.2, 0.25) is 0 Å². The van der Waals surface area contributed by atoms with E-state index in [9.17, 15) is 12.8 Å². The first-order valence-electron chi connectivity index (χ1n) is 9.99. The molecule has 2 aromatic carbocycles. The van der Waals surface area contributed by atoms with Gasteiger partial charge in [0.1, 0.15) is 0 Å². The highest BCUT2D eigenvalue weighted by Crippen LogP contribution is 2.21. The number of ether oxygens (including phenoxy) is 1. The Morgan fingerprint density at radius 2 is 1.83 bits per heavy atom. The first-order valence-corrected chi connectivity index (χ1v) is 11.6. The number of nitrogens with one attached hydrogen (secondary N) is 2. The first kappa shape index (κ1) is 23.7. The Morgan fingerprint density at radius 3 is 2.40 bits per heavy atom. The Morgan fingerprint density at radius 1 is 1.13 bits per heavy atom. The van der Waals surface area contributed by atoms with Gasteiger partial charge >= 0.3 is 0 Å². The number of methoxy groups -OCH3 is 1. The molecule has 0 aliphatic heterocycles. The van der Waals surface area contributed by atoms with Gasteiger partial charge in [-0.25, -0.2) is 12.8 Å². The molecule has 0 spiro atoms. The molecular formula is C22H30FN3O3S. The summed E-state index contributed by atoms with van der Waals surface area (Å²) in [6.45, 7) is 6.21. The van der Waals surface area contributed by atoms with Crippen molar-refractivity contribution >= 4 is 15.8 Å². The van der Waals surface area contributed by atoms with Crippen molar-refractivity contribution in [1.82, 2.24) is 10.6 Å². The minimum atomic E-state index is -3.43. The Hall–Kier alpha value is -2.61. The third-order valence-electron chi connectivity index (χ3n) is 4.70. The van der Waals surface area contributed by atoms with Crippen molar-refractivity contribution in [3.8, 4) is 5.75 Å². The van der Waals surface area contributed by atoms with E-state index in [1.807, 2.05) is 20.8 Å². The van der Waals surface area contributed by atoms with Gasteiger partial charge in [-0.1, -0.05) is 31.2 Å². The Balaban J connectivity index is 2.11. The molecule has 2 rings (SSSR count). The van der Waals surface area contributed by atoms with Gasteiger partial charge in [0.2, 0.25) is 0 Å². The molecule has 164 valence electrons. The van der Waals surface area contributed by atoms with Gasteiger partial charge in [0, 0.05) is 12.6 Å². The van der Waals surface area contributed by atoms with Crippen LogP contribution in [-0.4, -0.2) is 39.8 Å². The van der Waals surface area contributed by atoms with Crippen molar-refractivity contribution in [3.63, 3.8) is 0 Å². The second-order valence-corrected chi connectivity index (χ2v) is 8.96. The van der Waals surface area contributed by atoms with Crippen LogP contribution in [0.15, 0.2) is 58.4 Å². The van der Waals surface area contributed by atoms with Gasteiger partial charge in [-0.15, -0.1) is 0 Å². The van der Waals surface area contributed by atoms with Crippen LogP contribution in [0.4, 0.5) is 4.39 Å². The molecule has 2 unspecified atom stereocenters. The van der Waals surface area contributed by atoms with Gasteiger partial charge < -0.3 is 15.4 Å². The normalized spacial score (nSPS) is 14.1. The summed E-state index contributed by atoms with van der Waals surface area (Å²) in [6, 6.07) is 12.6. The van der Waals surface area contributed by atoms with E-state index in [0.29, 0.717) is 23.8 Å². The SMILES string of the molecule is CCN=C(NC(CC)CS(=O)(=O)c1ccccc1)NC(C)c1ccc(OC)c(F)c1. The number of halogens is 1. The van der Waals surface area contributed by atoms with Gasteiger partial charge in [-0.2, -0.15) is 0 Å². The first-order chi connectivity index (χ1) is 14.3.